The molecule has 1 aliphatic heterocycles. The number of hydrogen-bond acceptors (Lipinski definition) is 13. The van der Waals surface area contributed by atoms with Crippen molar-refractivity contribution >= 4 is 64.1 Å². The van der Waals surface area contributed by atoms with Gasteiger partial charge in [0.2, 0.25) is 47.3 Å². The molecule has 23 heteroatoms. The molecule has 1 aromatic carbocycles. The van der Waals surface area contributed by atoms with Gasteiger partial charge in [0.25, 0.3) is 0 Å². The number of amides is 8. The first-order valence-corrected chi connectivity index (χ1v) is 19.1. The number of aromatic amines is 1. The van der Waals surface area contributed by atoms with Crippen LogP contribution in [-0.2, 0) is 49.6 Å². The van der Waals surface area contributed by atoms with E-state index >= 15 is 0 Å². The average molecular weight is 847 g/mol. The molecule has 0 aliphatic carbocycles. The monoisotopic (exact) mass is 846 g/mol. The average Bonchev–Trinajstić information content (AvgIpc) is 3.86. The summed E-state index contributed by atoms with van der Waals surface area (Å²) in [5, 5.41) is 53.4. The first kappa shape index (κ1) is 48.2. The summed E-state index contributed by atoms with van der Waals surface area (Å²) in [6, 6.07) is -4.67. The topological polar surface area (TPSA) is 378 Å². The summed E-state index contributed by atoms with van der Waals surface area (Å²) in [5.74, 6) is -9.94. The summed E-state index contributed by atoms with van der Waals surface area (Å²) in [6.45, 7) is 1.78. The summed E-state index contributed by atoms with van der Waals surface area (Å²) >= 11 is 0. The summed E-state index contributed by atoms with van der Waals surface area (Å²) in [5.41, 5.74) is 12.3. The molecule has 1 fully saturated rings. The lowest BCUT2D eigenvalue weighted by molar-refractivity contribution is -0.143. The molecule has 23 nitrogen and oxygen atoms in total. The number of para-hydroxylation sites is 1. The maximum absolute atomic E-state index is 13.7. The number of likely N-dealkylation sites (tertiary alicyclic amines) is 1. The summed E-state index contributed by atoms with van der Waals surface area (Å²) in [4.78, 5) is 120. The minimum absolute atomic E-state index is 0.159. The fourth-order valence-corrected chi connectivity index (χ4v) is 6.41. The van der Waals surface area contributed by atoms with E-state index in [1.54, 1.807) is 30.5 Å². The van der Waals surface area contributed by atoms with Crippen LogP contribution in [0.2, 0.25) is 0 Å². The van der Waals surface area contributed by atoms with Crippen molar-refractivity contribution in [2.24, 2.45) is 17.4 Å². The SMILES string of the molecule is CC(C)[C@H](NC(=O)[C@H](CO)NC(=O)[C@H](CC(N)=O)NC(=O)[C@H](CO)NC(=O)[C@@H]1CCCN1C(=O)[C@H](C)N)C(=O)N[C@@H](Cc1c[nH]c2ccccc12)C(=O)N[C@@H](CO)C(=O)O. The highest BCUT2D eigenvalue weighted by Crippen LogP contribution is 2.20. The predicted octanol–water partition coefficient (Wildman–Crippen LogP) is -5.45. The number of carbonyl (C=O) groups excluding carboxylic acids is 8. The minimum Gasteiger partial charge on any atom is -0.480 e. The maximum Gasteiger partial charge on any atom is 0.328 e. The molecule has 330 valence electrons. The molecule has 3 rings (SSSR count). The number of rotatable bonds is 22. The lowest BCUT2D eigenvalue weighted by Crippen LogP contribution is -2.62. The highest BCUT2D eigenvalue weighted by atomic mass is 16.4. The standard InChI is InChI=1S/C37H54N10O13/c1-17(2)29(35(57)42-22(30(52)45-26(16-50)37(59)60)11-19-13-40-21-8-5-4-7-20(19)21)46-33(55)25(15-49)43-31(53)23(12-28(39)51)41-32(54)24(14-48)44-34(56)27-9-6-10-47(27)36(58)18(3)38/h4-5,7-8,13,17-18,22-27,29,40,48-50H,6,9-12,14-16,38H2,1-3H3,(H2,39,51)(H,41,54)(H,42,57)(H,43,53)(H,44,56)(H,45,52)(H,46,55)(H,59,60)/t18-,22-,23-,24-,25-,26-,27-,29-/m0/s1. The lowest BCUT2D eigenvalue weighted by atomic mass is 10.00. The van der Waals surface area contributed by atoms with E-state index < -0.39 is 134 Å². The predicted molar refractivity (Wildman–Crippen MR) is 210 cm³/mol. The van der Waals surface area contributed by atoms with Crippen molar-refractivity contribution in [3.05, 3.63) is 36.0 Å². The first-order valence-electron chi connectivity index (χ1n) is 19.1. The van der Waals surface area contributed by atoms with Gasteiger partial charge in [-0.15, -0.1) is 0 Å². The Morgan fingerprint density at radius 1 is 0.750 bits per heavy atom. The molecule has 0 unspecified atom stereocenters. The van der Waals surface area contributed by atoms with E-state index in [4.69, 9.17) is 11.5 Å². The smallest absolute Gasteiger partial charge is 0.328 e. The van der Waals surface area contributed by atoms with Gasteiger partial charge in [0.1, 0.15) is 42.3 Å². The van der Waals surface area contributed by atoms with Gasteiger partial charge < -0.3 is 73.7 Å². The van der Waals surface area contributed by atoms with Gasteiger partial charge in [-0.05, 0) is 37.3 Å². The zero-order valence-corrected chi connectivity index (χ0v) is 33.3. The highest BCUT2D eigenvalue weighted by Gasteiger charge is 2.38. The first-order chi connectivity index (χ1) is 28.3. The van der Waals surface area contributed by atoms with Crippen molar-refractivity contribution in [2.45, 2.75) is 94.8 Å². The maximum atomic E-state index is 13.7. The molecule has 1 saturated heterocycles. The van der Waals surface area contributed by atoms with Crippen LogP contribution < -0.4 is 43.4 Å². The third-order valence-electron chi connectivity index (χ3n) is 9.67. The Bertz CT molecular complexity index is 1900. The molecule has 2 aromatic rings. The van der Waals surface area contributed by atoms with Crippen molar-refractivity contribution in [3.63, 3.8) is 0 Å². The third-order valence-corrected chi connectivity index (χ3v) is 9.67. The molecule has 0 bridgehead atoms. The summed E-state index contributed by atoms with van der Waals surface area (Å²) < 4.78 is 0. The van der Waals surface area contributed by atoms with Crippen LogP contribution in [0.15, 0.2) is 30.5 Å². The lowest BCUT2D eigenvalue weighted by Gasteiger charge is -2.28. The molecule has 8 amide bonds. The molecule has 0 saturated carbocycles. The number of nitrogens with two attached hydrogens (primary N) is 2. The van der Waals surface area contributed by atoms with Crippen molar-refractivity contribution in [1.29, 1.82) is 0 Å². The number of H-pyrrole nitrogens is 1. The molecule has 0 spiro atoms. The van der Waals surface area contributed by atoms with E-state index in [0.29, 0.717) is 22.9 Å². The van der Waals surface area contributed by atoms with Gasteiger partial charge in [-0.25, -0.2) is 4.79 Å². The van der Waals surface area contributed by atoms with E-state index in [9.17, 15) is 63.6 Å². The Hall–Kier alpha value is -6.17. The zero-order chi connectivity index (χ0) is 44.8. The van der Waals surface area contributed by atoms with Gasteiger partial charge in [0, 0.05) is 30.1 Å². The molecule has 0 radical (unpaired) electrons. The normalized spacial score (nSPS) is 17.3. The van der Waals surface area contributed by atoms with Gasteiger partial charge in [-0.1, -0.05) is 32.0 Å². The number of nitrogens with one attached hydrogen (secondary N) is 7. The van der Waals surface area contributed by atoms with Gasteiger partial charge >= 0.3 is 5.97 Å². The Kier molecular flexibility index (Phi) is 17.9. The number of carboxylic acid groups (broad SMARTS) is 1. The van der Waals surface area contributed by atoms with Gasteiger partial charge in [-0.2, -0.15) is 0 Å². The van der Waals surface area contributed by atoms with E-state index in [1.807, 2.05) is 0 Å². The number of aliphatic hydroxyl groups is 3. The van der Waals surface area contributed by atoms with Crippen LogP contribution in [0.1, 0.15) is 45.6 Å². The second-order valence-corrected chi connectivity index (χ2v) is 14.6. The van der Waals surface area contributed by atoms with Crippen molar-refractivity contribution in [1.82, 2.24) is 41.8 Å². The van der Waals surface area contributed by atoms with Crippen LogP contribution in [-0.4, -0.2) is 158 Å². The number of hydrogen-bond donors (Lipinski definition) is 13. The number of primary amides is 1. The molecule has 8 atom stereocenters. The second-order valence-electron chi connectivity index (χ2n) is 14.6. The van der Waals surface area contributed by atoms with E-state index in [1.165, 1.54) is 25.7 Å². The zero-order valence-electron chi connectivity index (χ0n) is 33.3. The van der Waals surface area contributed by atoms with Crippen LogP contribution in [0.4, 0.5) is 0 Å². The fourth-order valence-electron chi connectivity index (χ4n) is 6.41. The number of aliphatic carboxylic acids is 1. The molecular formula is C37H54N10O13. The minimum atomic E-state index is -1.80. The van der Waals surface area contributed by atoms with E-state index in [2.05, 4.69) is 36.9 Å². The van der Waals surface area contributed by atoms with Gasteiger partial charge in [-0.3, -0.25) is 38.4 Å². The van der Waals surface area contributed by atoms with Crippen LogP contribution >= 0.6 is 0 Å². The number of carbonyl (C=O) groups is 9. The molecule has 2 heterocycles. The highest BCUT2D eigenvalue weighted by molar-refractivity contribution is 5.99. The van der Waals surface area contributed by atoms with Gasteiger partial charge in [0.05, 0.1) is 32.3 Å². The largest absolute Gasteiger partial charge is 0.480 e. The number of nitrogens with zero attached hydrogens (tertiary/aromatic N) is 1. The van der Waals surface area contributed by atoms with Gasteiger partial charge in [0.15, 0.2) is 0 Å². The van der Waals surface area contributed by atoms with Crippen molar-refractivity contribution < 1.29 is 63.6 Å². The number of aromatic nitrogens is 1. The second kappa shape index (κ2) is 22.3. The number of fused-ring (bicyclic) bond motifs is 1. The number of aliphatic hydroxyl groups excluding tert-OH is 3. The molecule has 1 aromatic heterocycles. The van der Waals surface area contributed by atoms with Crippen LogP contribution in [0.25, 0.3) is 10.9 Å². The van der Waals surface area contributed by atoms with E-state index in [-0.39, 0.29) is 19.4 Å². The van der Waals surface area contributed by atoms with Crippen LogP contribution in [0.5, 0.6) is 0 Å². The number of benzene rings is 1. The quantitative estimate of drug-likeness (QED) is 0.0526. The molecule has 60 heavy (non-hydrogen) atoms. The van der Waals surface area contributed by atoms with Crippen molar-refractivity contribution in [2.75, 3.05) is 26.4 Å². The van der Waals surface area contributed by atoms with Crippen LogP contribution in [0, 0.1) is 5.92 Å². The molecular weight excluding hydrogens is 792 g/mol. The molecule has 15 N–H and O–H groups in total. The fraction of sp³-hybridized carbons (Fsp3) is 0.541. The summed E-state index contributed by atoms with van der Waals surface area (Å²) in [7, 11) is 0. The van der Waals surface area contributed by atoms with E-state index in [0.717, 1.165) is 0 Å². The Balaban J connectivity index is 1.74. The van der Waals surface area contributed by atoms with Crippen molar-refractivity contribution in [3.8, 4) is 0 Å². The molecule has 1 aliphatic rings. The summed E-state index contributed by atoms with van der Waals surface area (Å²) in [6.07, 6.45) is 1.32. The Labute approximate surface area is 343 Å². The third kappa shape index (κ3) is 12.9. The Morgan fingerprint density at radius 3 is 1.87 bits per heavy atom. The number of carboxylic acids is 1. The van der Waals surface area contributed by atoms with Crippen LogP contribution in [0.3, 0.4) is 0 Å². The Morgan fingerprint density at radius 2 is 1.28 bits per heavy atom.